The highest BCUT2D eigenvalue weighted by Gasteiger charge is 2.38. The van der Waals surface area contributed by atoms with E-state index in [0.29, 0.717) is 0 Å². The van der Waals surface area contributed by atoms with Gasteiger partial charge < -0.3 is 0 Å². The topological polar surface area (TPSA) is 0 Å². The second kappa shape index (κ2) is 8.36. The van der Waals surface area contributed by atoms with E-state index < -0.39 is 5.41 Å². The van der Waals surface area contributed by atoms with Gasteiger partial charge in [0, 0.05) is 13.4 Å². The van der Waals surface area contributed by atoms with Crippen molar-refractivity contribution < 1.29 is 0 Å². The van der Waals surface area contributed by atoms with Crippen molar-refractivity contribution in [2.24, 2.45) is 0 Å². The molecule has 0 aromatic heterocycles. The molecule has 0 N–H and O–H groups in total. The van der Waals surface area contributed by atoms with Crippen LogP contribution in [-0.4, -0.2) is 0 Å². The van der Waals surface area contributed by atoms with Crippen LogP contribution < -0.4 is 0 Å². The molecular weight excluding hydrogens is 540 g/mol. The van der Waals surface area contributed by atoms with E-state index in [1.54, 1.807) is 0 Å². The maximum atomic E-state index is 3.59. The third-order valence-electron chi connectivity index (χ3n) is 5.04. The van der Waals surface area contributed by atoms with Crippen molar-refractivity contribution in [3.05, 3.63) is 139 Å². The predicted molar refractivity (Wildman–Crippen MR) is 128 cm³/mol. The molecule has 4 rings (SSSR count). The average Bonchev–Trinajstić information content (AvgIpc) is 2.73. The molecule has 0 saturated carbocycles. The molecular formula is C25H17Br3. The molecule has 4 aromatic carbocycles. The fourth-order valence-electron chi connectivity index (χ4n) is 3.79. The summed E-state index contributed by atoms with van der Waals surface area (Å²) in [6.07, 6.45) is 0. The molecule has 0 atom stereocenters. The van der Waals surface area contributed by atoms with Crippen molar-refractivity contribution in [3.63, 3.8) is 0 Å². The van der Waals surface area contributed by atoms with Gasteiger partial charge in [0.15, 0.2) is 0 Å². The van der Waals surface area contributed by atoms with Crippen LogP contribution >= 0.6 is 47.8 Å². The number of hydrogen-bond acceptors (Lipinski definition) is 0. The first kappa shape index (κ1) is 19.6. The van der Waals surface area contributed by atoms with Gasteiger partial charge in [-0.3, -0.25) is 0 Å². The lowest BCUT2D eigenvalue weighted by Crippen LogP contribution is -2.30. The Kier molecular flexibility index (Phi) is 5.86. The highest BCUT2D eigenvalue weighted by molar-refractivity contribution is 9.11. The summed E-state index contributed by atoms with van der Waals surface area (Å²) in [7, 11) is 0. The van der Waals surface area contributed by atoms with Gasteiger partial charge in [-0.15, -0.1) is 0 Å². The molecule has 3 heteroatoms. The van der Waals surface area contributed by atoms with Gasteiger partial charge in [0.25, 0.3) is 0 Å². The van der Waals surface area contributed by atoms with Crippen LogP contribution in [0, 0.1) is 0 Å². The Hall–Kier alpha value is -1.68. The summed E-state index contributed by atoms with van der Waals surface area (Å²) >= 11 is 10.8. The number of rotatable bonds is 4. The summed E-state index contributed by atoms with van der Waals surface area (Å²) in [5.74, 6) is 0. The molecule has 0 unspecified atom stereocenters. The van der Waals surface area contributed by atoms with Gasteiger partial charge in [0.1, 0.15) is 0 Å². The predicted octanol–water partition coefficient (Wildman–Crippen LogP) is 8.36. The van der Waals surface area contributed by atoms with Crippen molar-refractivity contribution in [3.8, 4) is 0 Å². The molecule has 28 heavy (non-hydrogen) atoms. The molecule has 0 spiro atoms. The Morgan fingerprint density at radius 2 is 0.643 bits per heavy atom. The molecule has 0 heterocycles. The van der Waals surface area contributed by atoms with Crippen LogP contribution in [0.5, 0.6) is 0 Å². The molecule has 0 fully saturated rings. The maximum Gasteiger partial charge on any atom is 0.0701 e. The molecule has 4 aromatic rings. The summed E-state index contributed by atoms with van der Waals surface area (Å²) in [6.45, 7) is 0. The lowest BCUT2D eigenvalue weighted by atomic mass is 9.65. The maximum absolute atomic E-state index is 3.59. The minimum Gasteiger partial charge on any atom is -0.0622 e. The van der Waals surface area contributed by atoms with Crippen molar-refractivity contribution in [2.75, 3.05) is 0 Å². The van der Waals surface area contributed by atoms with E-state index in [0.717, 1.165) is 13.4 Å². The molecule has 0 saturated heterocycles. The largest absolute Gasteiger partial charge is 0.0701 e. The highest BCUT2D eigenvalue weighted by atomic mass is 79.9. The molecule has 0 bridgehead atoms. The van der Waals surface area contributed by atoms with E-state index in [2.05, 4.69) is 151 Å². The first-order valence-corrected chi connectivity index (χ1v) is 11.3. The quantitative estimate of drug-likeness (QED) is 0.222. The lowest BCUT2D eigenvalue weighted by molar-refractivity contribution is 0.744. The molecule has 0 nitrogen and oxygen atoms in total. The van der Waals surface area contributed by atoms with Crippen LogP contribution in [0.1, 0.15) is 22.3 Å². The molecule has 0 aliphatic rings. The van der Waals surface area contributed by atoms with E-state index in [9.17, 15) is 0 Å². The minimum absolute atomic E-state index is 0.413. The second-order valence-electron chi connectivity index (χ2n) is 6.64. The minimum atomic E-state index is -0.413. The summed E-state index contributed by atoms with van der Waals surface area (Å²) in [6, 6.07) is 36.7. The van der Waals surface area contributed by atoms with Gasteiger partial charge >= 0.3 is 0 Å². The smallest absolute Gasteiger partial charge is 0.0622 e. The summed E-state index contributed by atoms with van der Waals surface area (Å²) in [5, 5.41) is 0. The SMILES string of the molecule is Brc1ccc(C(c2ccccc2)(c2ccc(Br)cc2)c2ccc(Br)cc2)cc1. The lowest BCUT2D eigenvalue weighted by Gasteiger charge is -2.37. The van der Waals surface area contributed by atoms with Gasteiger partial charge in [-0.2, -0.15) is 0 Å². The zero-order valence-electron chi connectivity index (χ0n) is 14.9. The highest BCUT2D eigenvalue weighted by Crippen LogP contribution is 2.45. The summed E-state index contributed by atoms with van der Waals surface area (Å²) in [5.41, 5.74) is 4.51. The van der Waals surface area contributed by atoms with Crippen LogP contribution in [-0.2, 0) is 5.41 Å². The van der Waals surface area contributed by atoms with Gasteiger partial charge in [-0.25, -0.2) is 0 Å². The Morgan fingerprint density at radius 3 is 0.964 bits per heavy atom. The number of halogens is 3. The van der Waals surface area contributed by atoms with E-state index in [1.165, 1.54) is 22.3 Å². The van der Waals surface area contributed by atoms with E-state index in [1.807, 2.05) is 0 Å². The molecule has 0 aliphatic heterocycles. The van der Waals surface area contributed by atoms with Crippen LogP contribution in [0.3, 0.4) is 0 Å². The van der Waals surface area contributed by atoms with E-state index in [4.69, 9.17) is 0 Å². The normalized spacial score (nSPS) is 11.4. The van der Waals surface area contributed by atoms with E-state index in [-0.39, 0.29) is 0 Å². The monoisotopic (exact) mass is 554 g/mol. The van der Waals surface area contributed by atoms with Gasteiger partial charge in [0.2, 0.25) is 0 Å². The fourth-order valence-corrected chi connectivity index (χ4v) is 4.58. The van der Waals surface area contributed by atoms with Gasteiger partial charge in [-0.05, 0) is 58.7 Å². The molecule has 0 amide bonds. The molecule has 138 valence electrons. The van der Waals surface area contributed by atoms with Gasteiger partial charge in [-0.1, -0.05) is 115 Å². The van der Waals surface area contributed by atoms with Crippen molar-refractivity contribution >= 4 is 47.8 Å². The van der Waals surface area contributed by atoms with Gasteiger partial charge in [0.05, 0.1) is 5.41 Å². The Labute approximate surface area is 191 Å². The first-order valence-electron chi connectivity index (χ1n) is 8.94. The molecule has 0 radical (unpaired) electrons. The van der Waals surface area contributed by atoms with E-state index >= 15 is 0 Å². The van der Waals surface area contributed by atoms with Crippen molar-refractivity contribution in [1.82, 2.24) is 0 Å². The Morgan fingerprint density at radius 1 is 0.357 bits per heavy atom. The van der Waals surface area contributed by atoms with Crippen molar-refractivity contribution in [2.45, 2.75) is 5.41 Å². The standard InChI is InChI=1S/C25H17Br3/c26-22-12-6-19(7-13-22)25(18-4-2-1-3-5-18,20-8-14-23(27)15-9-20)21-10-16-24(28)17-11-21/h1-17H. The fraction of sp³-hybridized carbons (Fsp3) is 0.0400. The number of hydrogen-bond donors (Lipinski definition) is 0. The average molecular weight is 557 g/mol. The zero-order valence-corrected chi connectivity index (χ0v) is 19.7. The van der Waals surface area contributed by atoms with Crippen molar-refractivity contribution in [1.29, 1.82) is 0 Å². The number of benzene rings is 4. The van der Waals surface area contributed by atoms with Crippen LogP contribution in [0.4, 0.5) is 0 Å². The third kappa shape index (κ3) is 3.63. The van der Waals surface area contributed by atoms with Crippen LogP contribution in [0.15, 0.2) is 117 Å². The first-order chi connectivity index (χ1) is 13.6. The zero-order chi connectivity index (χ0) is 19.6. The Bertz CT molecular complexity index is 941. The molecule has 0 aliphatic carbocycles. The van der Waals surface area contributed by atoms with Crippen LogP contribution in [0.2, 0.25) is 0 Å². The second-order valence-corrected chi connectivity index (χ2v) is 9.38. The third-order valence-corrected chi connectivity index (χ3v) is 6.62. The Balaban J connectivity index is 2.11. The summed E-state index contributed by atoms with van der Waals surface area (Å²) < 4.78 is 3.22. The van der Waals surface area contributed by atoms with Crippen LogP contribution in [0.25, 0.3) is 0 Å². The summed E-state index contributed by atoms with van der Waals surface area (Å²) in [4.78, 5) is 0.